The Bertz CT molecular complexity index is 339. The molecule has 82 valence electrons. The van der Waals surface area contributed by atoms with Crippen molar-refractivity contribution in [1.82, 2.24) is 10.3 Å². The maximum Gasteiger partial charge on any atom is 0.270 e. The van der Waals surface area contributed by atoms with Crippen molar-refractivity contribution in [2.45, 2.75) is 26.3 Å². The van der Waals surface area contributed by atoms with Crippen molar-refractivity contribution >= 4 is 5.91 Å². The first kappa shape index (κ1) is 11.7. The Morgan fingerprint density at radius 3 is 2.93 bits per heavy atom. The highest BCUT2D eigenvalue weighted by molar-refractivity contribution is 5.92. The fourth-order valence-electron chi connectivity index (χ4n) is 1.23. The lowest BCUT2D eigenvalue weighted by Gasteiger charge is -2.11. The van der Waals surface area contributed by atoms with Crippen molar-refractivity contribution < 1.29 is 9.90 Å². The highest BCUT2D eigenvalue weighted by Gasteiger charge is 2.10. The molecule has 0 spiro atoms. The molecule has 4 heteroatoms. The van der Waals surface area contributed by atoms with Crippen molar-refractivity contribution in [3.8, 4) is 0 Å². The molecule has 0 saturated carbocycles. The van der Waals surface area contributed by atoms with Crippen molar-refractivity contribution in [2.24, 2.45) is 0 Å². The lowest BCUT2D eigenvalue weighted by molar-refractivity contribution is 0.0929. The van der Waals surface area contributed by atoms with Crippen LogP contribution in [0.25, 0.3) is 0 Å². The zero-order chi connectivity index (χ0) is 11.3. The molecule has 0 fully saturated rings. The summed E-state index contributed by atoms with van der Waals surface area (Å²) < 4.78 is 0. The normalized spacial score (nSPS) is 12.2. The molecule has 0 radical (unpaired) electrons. The second-order valence-electron chi connectivity index (χ2n) is 3.55. The Hall–Kier alpha value is -1.42. The van der Waals surface area contributed by atoms with Crippen LogP contribution in [-0.2, 0) is 0 Å². The van der Waals surface area contributed by atoms with Gasteiger partial charge in [0.15, 0.2) is 0 Å². The van der Waals surface area contributed by atoms with Gasteiger partial charge in [-0.1, -0.05) is 6.07 Å². The molecular weight excluding hydrogens is 192 g/mol. The van der Waals surface area contributed by atoms with E-state index in [9.17, 15) is 4.79 Å². The fraction of sp³-hybridized carbons (Fsp3) is 0.455. The van der Waals surface area contributed by atoms with Crippen LogP contribution in [0.5, 0.6) is 0 Å². The van der Waals surface area contributed by atoms with Crippen LogP contribution in [0.15, 0.2) is 18.2 Å². The van der Waals surface area contributed by atoms with E-state index in [4.69, 9.17) is 5.11 Å². The third kappa shape index (κ3) is 3.67. The first-order chi connectivity index (χ1) is 7.13. The topological polar surface area (TPSA) is 62.2 Å². The first-order valence-corrected chi connectivity index (χ1v) is 4.99. The number of aryl methyl sites for hydroxylation is 1. The number of nitrogens with zero attached hydrogens (tertiary/aromatic N) is 1. The van der Waals surface area contributed by atoms with Gasteiger partial charge in [0.1, 0.15) is 5.69 Å². The molecule has 0 aliphatic carbocycles. The number of nitrogens with one attached hydrogen (secondary N) is 1. The van der Waals surface area contributed by atoms with Gasteiger partial charge in [-0.25, -0.2) is 4.98 Å². The highest BCUT2D eigenvalue weighted by Crippen LogP contribution is 1.99. The van der Waals surface area contributed by atoms with Gasteiger partial charge in [0.05, 0.1) is 0 Å². The summed E-state index contributed by atoms with van der Waals surface area (Å²) in [4.78, 5) is 15.7. The Morgan fingerprint density at radius 2 is 2.33 bits per heavy atom. The Morgan fingerprint density at radius 1 is 1.60 bits per heavy atom. The molecule has 0 aliphatic rings. The molecule has 1 unspecified atom stereocenters. The molecule has 15 heavy (non-hydrogen) atoms. The van der Waals surface area contributed by atoms with Crippen LogP contribution in [0, 0.1) is 6.92 Å². The number of carbonyl (C=O) groups is 1. The molecule has 0 bridgehead atoms. The number of aliphatic hydroxyl groups excluding tert-OH is 1. The van der Waals surface area contributed by atoms with E-state index >= 15 is 0 Å². The lowest BCUT2D eigenvalue weighted by Crippen LogP contribution is -2.33. The average molecular weight is 208 g/mol. The van der Waals surface area contributed by atoms with Crippen LogP contribution in [0.1, 0.15) is 29.5 Å². The zero-order valence-electron chi connectivity index (χ0n) is 9.03. The number of hydrogen-bond donors (Lipinski definition) is 2. The zero-order valence-corrected chi connectivity index (χ0v) is 9.03. The molecule has 1 aromatic heterocycles. The fourth-order valence-corrected chi connectivity index (χ4v) is 1.23. The predicted molar refractivity (Wildman–Crippen MR) is 57.6 cm³/mol. The summed E-state index contributed by atoms with van der Waals surface area (Å²) in [5.41, 5.74) is 1.23. The number of carbonyl (C=O) groups excluding carboxylic acids is 1. The van der Waals surface area contributed by atoms with Crippen LogP contribution in [0.3, 0.4) is 0 Å². The van der Waals surface area contributed by atoms with Crippen LogP contribution >= 0.6 is 0 Å². The SMILES string of the molecule is Cc1cccc(C(=O)NC(C)CCO)n1. The maximum absolute atomic E-state index is 11.6. The molecule has 0 saturated heterocycles. The molecule has 1 amide bonds. The van der Waals surface area contributed by atoms with Gasteiger partial charge >= 0.3 is 0 Å². The lowest BCUT2D eigenvalue weighted by atomic mass is 10.2. The Labute approximate surface area is 89.3 Å². The minimum Gasteiger partial charge on any atom is -0.396 e. The van der Waals surface area contributed by atoms with E-state index in [-0.39, 0.29) is 18.6 Å². The van der Waals surface area contributed by atoms with E-state index in [1.54, 1.807) is 12.1 Å². The van der Waals surface area contributed by atoms with E-state index in [0.717, 1.165) is 5.69 Å². The molecule has 1 atom stereocenters. The smallest absolute Gasteiger partial charge is 0.270 e. The minimum absolute atomic E-state index is 0.0372. The Kier molecular flexibility index (Phi) is 4.24. The molecular formula is C11H16N2O2. The molecule has 4 nitrogen and oxygen atoms in total. The van der Waals surface area contributed by atoms with Crippen LogP contribution in [-0.4, -0.2) is 28.6 Å². The number of aliphatic hydroxyl groups is 1. The third-order valence-electron chi connectivity index (χ3n) is 2.06. The van der Waals surface area contributed by atoms with E-state index in [1.165, 1.54) is 0 Å². The molecule has 2 N–H and O–H groups in total. The average Bonchev–Trinajstić information content (AvgIpc) is 2.18. The van der Waals surface area contributed by atoms with Crippen LogP contribution in [0.4, 0.5) is 0 Å². The van der Waals surface area contributed by atoms with Gasteiger partial charge in [-0.15, -0.1) is 0 Å². The van der Waals surface area contributed by atoms with Crippen molar-refractivity contribution in [3.63, 3.8) is 0 Å². The molecule has 1 heterocycles. The maximum atomic E-state index is 11.6. The molecule has 0 aromatic carbocycles. The van der Waals surface area contributed by atoms with E-state index in [2.05, 4.69) is 10.3 Å². The van der Waals surface area contributed by atoms with Gasteiger partial charge in [-0.3, -0.25) is 4.79 Å². The summed E-state index contributed by atoms with van der Waals surface area (Å²) in [6, 6.07) is 5.28. The number of pyridine rings is 1. The number of hydrogen-bond acceptors (Lipinski definition) is 3. The van der Waals surface area contributed by atoms with Gasteiger partial charge in [0, 0.05) is 18.3 Å². The van der Waals surface area contributed by atoms with Gasteiger partial charge in [-0.05, 0) is 32.4 Å². The quantitative estimate of drug-likeness (QED) is 0.772. The number of aromatic nitrogens is 1. The predicted octanol–water partition coefficient (Wildman–Crippen LogP) is 0.891. The summed E-state index contributed by atoms with van der Waals surface area (Å²) in [6.45, 7) is 3.76. The van der Waals surface area contributed by atoms with Gasteiger partial charge in [0.2, 0.25) is 0 Å². The summed E-state index contributed by atoms with van der Waals surface area (Å²) >= 11 is 0. The Balaban J connectivity index is 2.61. The van der Waals surface area contributed by atoms with E-state index in [0.29, 0.717) is 12.1 Å². The second-order valence-corrected chi connectivity index (χ2v) is 3.55. The van der Waals surface area contributed by atoms with E-state index < -0.39 is 0 Å². The largest absolute Gasteiger partial charge is 0.396 e. The molecule has 0 aliphatic heterocycles. The van der Waals surface area contributed by atoms with Crippen LogP contribution in [0.2, 0.25) is 0 Å². The van der Waals surface area contributed by atoms with Gasteiger partial charge in [0.25, 0.3) is 5.91 Å². The summed E-state index contributed by atoms with van der Waals surface area (Å²) in [5.74, 6) is -0.195. The van der Waals surface area contributed by atoms with Gasteiger partial charge < -0.3 is 10.4 Å². The standard InChI is InChI=1S/C11H16N2O2/c1-8-4-3-5-10(12-8)11(15)13-9(2)6-7-14/h3-5,9,14H,6-7H2,1-2H3,(H,13,15). The summed E-state index contributed by atoms with van der Waals surface area (Å²) in [7, 11) is 0. The third-order valence-corrected chi connectivity index (χ3v) is 2.06. The van der Waals surface area contributed by atoms with Crippen molar-refractivity contribution in [1.29, 1.82) is 0 Å². The highest BCUT2D eigenvalue weighted by atomic mass is 16.3. The monoisotopic (exact) mass is 208 g/mol. The summed E-state index contributed by atoms with van der Waals surface area (Å²) in [5, 5.41) is 11.5. The van der Waals surface area contributed by atoms with E-state index in [1.807, 2.05) is 19.9 Å². The van der Waals surface area contributed by atoms with Crippen molar-refractivity contribution in [2.75, 3.05) is 6.61 Å². The van der Waals surface area contributed by atoms with Crippen molar-refractivity contribution in [3.05, 3.63) is 29.6 Å². The minimum atomic E-state index is -0.195. The van der Waals surface area contributed by atoms with Crippen LogP contribution < -0.4 is 5.32 Å². The summed E-state index contributed by atoms with van der Waals surface area (Å²) in [6.07, 6.45) is 0.553. The number of amides is 1. The van der Waals surface area contributed by atoms with Gasteiger partial charge in [-0.2, -0.15) is 0 Å². The number of rotatable bonds is 4. The molecule has 1 rings (SSSR count). The second kappa shape index (κ2) is 5.46. The molecule has 1 aromatic rings. The first-order valence-electron chi connectivity index (χ1n) is 4.99.